The third kappa shape index (κ3) is 3.15. The summed E-state index contributed by atoms with van der Waals surface area (Å²) in [5.74, 6) is -0.988. The third-order valence-electron chi connectivity index (χ3n) is 2.05. The molecule has 0 unspecified atom stereocenters. The number of anilines is 1. The minimum Gasteiger partial charge on any atom is -0.507 e. The average Bonchev–Trinajstić information content (AvgIpc) is 2.80. The third-order valence-corrected chi connectivity index (χ3v) is 3.13. The Hall–Kier alpha value is -1.80. The number of hydrogen-bond donors (Lipinski definition) is 2. The zero-order chi connectivity index (χ0) is 14.0. The van der Waals surface area contributed by atoms with Gasteiger partial charge in [-0.25, -0.2) is 8.78 Å². The minimum absolute atomic E-state index is 0.0821. The van der Waals surface area contributed by atoms with Gasteiger partial charge in [-0.15, -0.1) is 10.2 Å². The maximum Gasteiger partial charge on any atom is 0.291 e. The predicted molar refractivity (Wildman–Crippen MR) is 65.9 cm³/mol. The number of aromatic nitrogens is 2. The van der Waals surface area contributed by atoms with E-state index in [-0.39, 0.29) is 21.5 Å². The first-order valence-electron chi connectivity index (χ1n) is 4.89. The van der Waals surface area contributed by atoms with Crippen LogP contribution in [-0.4, -0.2) is 21.2 Å². The van der Waals surface area contributed by atoms with Gasteiger partial charge in [0, 0.05) is 5.02 Å². The number of alkyl halides is 2. The topological polar surface area (TPSA) is 75.1 Å². The summed E-state index contributed by atoms with van der Waals surface area (Å²) in [5, 5.41) is 18.1. The Balaban J connectivity index is 2.18. The highest BCUT2D eigenvalue weighted by molar-refractivity contribution is 7.15. The largest absolute Gasteiger partial charge is 0.507 e. The molecule has 0 aliphatic heterocycles. The second-order valence-electron chi connectivity index (χ2n) is 3.36. The molecule has 0 saturated heterocycles. The molecule has 0 radical (unpaired) electrons. The second-order valence-corrected chi connectivity index (χ2v) is 4.81. The molecule has 0 aliphatic carbocycles. The molecule has 1 aromatic carbocycles. The van der Waals surface area contributed by atoms with Gasteiger partial charge in [0.05, 0.1) is 5.56 Å². The smallest absolute Gasteiger partial charge is 0.291 e. The van der Waals surface area contributed by atoms with E-state index in [4.69, 9.17) is 11.6 Å². The number of phenolic OH excluding ortho intramolecular Hbond substituents is 1. The summed E-state index contributed by atoms with van der Waals surface area (Å²) < 4.78 is 24.6. The van der Waals surface area contributed by atoms with Crippen molar-refractivity contribution in [2.24, 2.45) is 0 Å². The van der Waals surface area contributed by atoms with E-state index in [1.54, 1.807) is 0 Å². The van der Waals surface area contributed by atoms with E-state index in [9.17, 15) is 18.7 Å². The minimum atomic E-state index is -2.75. The molecule has 5 nitrogen and oxygen atoms in total. The fraction of sp³-hybridized carbons (Fsp3) is 0.100. The van der Waals surface area contributed by atoms with Crippen LogP contribution in [-0.2, 0) is 0 Å². The van der Waals surface area contributed by atoms with Crippen LogP contribution in [0.1, 0.15) is 21.8 Å². The van der Waals surface area contributed by atoms with Crippen molar-refractivity contribution in [2.45, 2.75) is 6.43 Å². The first-order valence-corrected chi connectivity index (χ1v) is 6.08. The molecular weight excluding hydrogens is 300 g/mol. The molecule has 0 aliphatic rings. The molecule has 1 heterocycles. The number of carbonyl (C=O) groups is 1. The summed E-state index contributed by atoms with van der Waals surface area (Å²) in [6.07, 6.45) is -2.75. The number of hydrogen-bond acceptors (Lipinski definition) is 5. The van der Waals surface area contributed by atoms with E-state index >= 15 is 0 Å². The van der Waals surface area contributed by atoms with Crippen molar-refractivity contribution >= 4 is 34.0 Å². The Morgan fingerprint density at radius 1 is 1.42 bits per heavy atom. The second kappa shape index (κ2) is 5.45. The van der Waals surface area contributed by atoms with Gasteiger partial charge >= 0.3 is 0 Å². The lowest BCUT2D eigenvalue weighted by Gasteiger charge is -2.04. The molecule has 2 aromatic rings. The quantitative estimate of drug-likeness (QED) is 0.913. The van der Waals surface area contributed by atoms with Crippen LogP contribution in [0.15, 0.2) is 18.2 Å². The fourth-order valence-corrected chi connectivity index (χ4v) is 1.99. The standard InChI is InChI=1S/C10H6ClF2N3O2S/c11-4-1-2-6(17)5(3-4)8(18)14-10-16-15-9(19-10)7(12)13/h1-3,7,17H,(H,14,16,18). The van der Waals surface area contributed by atoms with Crippen LogP contribution in [0.3, 0.4) is 0 Å². The molecular formula is C10H6ClF2N3O2S. The Morgan fingerprint density at radius 3 is 2.79 bits per heavy atom. The first kappa shape index (κ1) is 13.6. The summed E-state index contributed by atoms with van der Waals surface area (Å²) in [6.45, 7) is 0. The molecule has 0 fully saturated rings. The number of carbonyl (C=O) groups excluding carboxylic acids is 1. The highest BCUT2D eigenvalue weighted by atomic mass is 35.5. The van der Waals surface area contributed by atoms with Crippen molar-refractivity contribution in [1.82, 2.24) is 10.2 Å². The number of aromatic hydroxyl groups is 1. The highest BCUT2D eigenvalue weighted by Gasteiger charge is 2.17. The molecule has 2 N–H and O–H groups in total. The van der Waals surface area contributed by atoms with Crippen molar-refractivity contribution in [2.75, 3.05) is 5.32 Å². The first-order chi connectivity index (χ1) is 8.97. The summed E-state index contributed by atoms with van der Waals surface area (Å²) in [4.78, 5) is 11.8. The molecule has 0 bridgehead atoms. The number of nitrogens with one attached hydrogen (secondary N) is 1. The number of benzene rings is 1. The SMILES string of the molecule is O=C(Nc1nnc(C(F)F)s1)c1cc(Cl)ccc1O. The zero-order valence-corrected chi connectivity index (χ0v) is 10.7. The lowest BCUT2D eigenvalue weighted by Crippen LogP contribution is -2.11. The van der Waals surface area contributed by atoms with E-state index in [2.05, 4.69) is 15.5 Å². The van der Waals surface area contributed by atoms with Gasteiger partial charge in [0.15, 0.2) is 5.01 Å². The molecule has 0 spiro atoms. The Morgan fingerprint density at radius 2 is 2.16 bits per heavy atom. The summed E-state index contributed by atoms with van der Waals surface area (Å²) in [6, 6.07) is 3.91. The lowest BCUT2D eigenvalue weighted by molar-refractivity contribution is 0.102. The van der Waals surface area contributed by atoms with Crippen molar-refractivity contribution < 1.29 is 18.7 Å². The zero-order valence-electron chi connectivity index (χ0n) is 9.10. The van der Waals surface area contributed by atoms with E-state index in [0.29, 0.717) is 11.3 Å². The fourth-order valence-electron chi connectivity index (χ4n) is 1.23. The molecule has 0 atom stereocenters. The van der Waals surface area contributed by atoms with E-state index in [1.807, 2.05) is 0 Å². The number of amides is 1. The van der Waals surface area contributed by atoms with Crippen LogP contribution >= 0.6 is 22.9 Å². The van der Waals surface area contributed by atoms with Crippen molar-refractivity contribution in [3.63, 3.8) is 0 Å². The van der Waals surface area contributed by atoms with Crippen LogP contribution in [0.2, 0.25) is 5.02 Å². The van der Waals surface area contributed by atoms with Gasteiger partial charge in [0.1, 0.15) is 5.75 Å². The van der Waals surface area contributed by atoms with Crippen molar-refractivity contribution in [3.05, 3.63) is 33.8 Å². The monoisotopic (exact) mass is 305 g/mol. The van der Waals surface area contributed by atoms with Gasteiger partial charge in [-0.3, -0.25) is 10.1 Å². The maximum absolute atomic E-state index is 12.3. The van der Waals surface area contributed by atoms with E-state index < -0.39 is 17.3 Å². The van der Waals surface area contributed by atoms with Crippen LogP contribution < -0.4 is 5.32 Å². The Labute approximate surface area is 114 Å². The van der Waals surface area contributed by atoms with E-state index in [1.165, 1.54) is 18.2 Å². The summed E-state index contributed by atoms with van der Waals surface area (Å²) >= 11 is 6.25. The lowest BCUT2D eigenvalue weighted by atomic mass is 10.2. The van der Waals surface area contributed by atoms with Crippen LogP contribution in [0.4, 0.5) is 13.9 Å². The van der Waals surface area contributed by atoms with Crippen molar-refractivity contribution in [1.29, 1.82) is 0 Å². The van der Waals surface area contributed by atoms with Gasteiger partial charge in [0.2, 0.25) is 5.13 Å². The van der Waals surface area contributed by atoms with Crippen LogP contribution in [0, 0.1) is 0 Å². The Bertz CT molecular complexity index is 621. The van der Waals surface area contributed by atoms with Crippen molar-refractivity contribution in [3.8, 4) is 5.75 Å². The maximum atomic E-state index is 12.3. The van der Waals surface area contributed by atoms with Gasteiger partial charge in [-0.2, -0.15) is 0 Å². The molecule has 1 aromatic heterocycles. The molecule has 1 amide bonds. The van der Waals surface area contributed by atoms with Gasteiger partial charge in [-0.05, 0) is 18.2 Å². The molecule has 2 rings (SSSR count). The van der Waals surface area contributed by atoms with Gasteiger partial charge in [0.25, 0.3) is 12.3 Å². The summed E-state index contributed by atoms with van der Waals surface area (Å²) in [5.41, 5.74) is -0.0821. The number of rotatable bonds is 3. The van der Waals surface area contributed by atoms with Gasteiger partial charge in [-0.1, -0.05) is 22.9 Å². The van der Waals surface area contributed by atoms with E-state index in [0.717, 1.165) is 0 Å². The molecule has 0 saturated carbocycles. The molecule has 100 valence electrons. The molecule has 9 heteroatoms. The van der Waals surface area contributed by atoms with Crippen LogP contribution in [0.5, 0.6) is 5.75 Å². The number of nitrogens with zero attached hydrogens (tertiary/aromatic N) is 2. The number of phenols is 1. The molecule has 19 heavy (non-hydrogen) atoms. The highest BCUT2D eigenvalue weighted by Crippen LogP contribution is 2.27. The summed E-state index contributed by atoms with van der Waals surface area (Å²) in [7, 11) is 0. The average molecular weight is 306 g/mol. The normalized spacial score (nSPS) is 10.7. The predicted octanol–water partition coefficient (Wildman–Crippen LogP) is 3.09. The van der Waals surface area contributed by atoms with Gasteiger partial charge < -0.3 is 5.11 Å². The Kier molecular flexibility index (Phi) is 3.91. The number of halogens is 3. The van der Waals surface area contributed by atoms with Crippen LogP contribution in [0.25, 0.3) is 0 Å².